The molecule has 1 aromatic carbocycles. The van der Waals surface area contributed by atoms with Crippen LogP contribution in [-0.4, -0.2) is 4.98 Å². The van der Waals surface area contributed by atoms with E-state index in [1.165, 1.54) is 29.7 Å². The molecule has 0 atom stereocenters. The van der Waals surface area contributed by atoms with Crippen molar-refractivity contribution in [3.05, 3.63) is 64.8 Å². The topological polar surface area (TPSA) is 51.9 Å². The molecule has 0 saturated heterocycles. The zero-order chi connectivity index (χ0) is 16.4. The first-order valence-electron chi connectivity index (χ1n) is 6.52. The SMILES string of the molecule is [O-][n+]1ccccc1-c1csc(Nc2cccc(C(F)(F)F)c2)n1. The summed E-state index contributed by atoms with van der Waals surface area (Å²) in [6.45, 7) is 0. The highest BCUT2D eigenvalue weighted by molar-refractivity contribution is 7.14. The minimum atomic E-state index is -4.40. The molecule has 0 bridgehead atoms. The standard InChI is InChI=1S/C15H10F3N3OS/c16-15(17,18)10-4-3-5-11(8-10)19-14-20-12(9-23-14)13-6-1-2-7-21(13)22/h1-9H,(H,19,20). The van der Waals surface area contributed by atoms with Crippen LogP contribution in [-0.2, 0) is 6.18 Å². The van der Waals surface area contributed by atoms with Gasteiger partial charge in [0.05, 0.1) is 5.56 Å². The second kappa shape index (κ2) is 5.88. The van der Waals surface area contributed by atoms with Gasteiger partial charge in [-0.15, -0.1) is 11.3 Å². The maximum absolute atomic E-state index is 12.7. The highest BCUT2D eigenvalue weighted by Gasteiger charge is 2.30. The third-order valence-electron chi connectivity index (χ3n) is 3.03. The molecule has 118 valence electrons. The van der Waals surface area contributed by atoms with E-state index in [2.05, 4.69) is 10.3 Å². The van der Waals surface area contributed by atoms with Gasteiger partial charge in [0, 0.05) is 23.2 Å². The molecule has 2 aromatic heterocycles. The van der Waals surface area contributed by atoms with Gasteiger partial charge in [-0.2, -0.15) is 17.9 Å². The van der Waals surface area contributed by atoms with Gasteiger partial charge >= 0.3 is 6.18 Å². The number of nitrogens with zero attached hydrogens (tertiary/aromatic N) is 2. The zero-order valence-corrected chi connectivity index (χ0v) is 12.4. The summed E-state index contributed by atoms with van der Waals surface area (Å²) in [7, 11) is 0. The molecule has 0 fully saturated rings. The number of nitrogens with one attached hydrogen (secondary N) is 1. The third kappa shape index (κ3) is 3.42. The summed E-state index contributed by atoms with van der Waals surface area (Å²) in [5, 5.41) is 16.6. The number of hydrogen-bond acceptors (Lipinski definition) is 4. The molecule has 0 aliphatic heterocycles. The van der Waals surface area contributed by atoms with Crippen LogP contribution in [0.15, 0.2) is 54.0 Å². The fraction of sp³-hybridized carbons (Fsp3) is 0.0667. The van der Waals surface area contributed by atoms with E-state index in [4.69, 9.17) is 0 Å². The summed E-state index contributed by atoms with van der Waals surface area (Å²) < 4.78 is 38.8. The number of benzene rings is 1. The highest BCUT2D eigenvalue weighted by atomic mass is 32.1. The van der Waals surface area contributed by atoms with Gasteiger partial charge in [-0.25, -0.2) is 4.98 Å². The number of alkyl halides is 3. The van der Waals surface area contributed by atoms with Crippen molar-refractivity contribution in [3.8, 4) is 11.4 Å². The predicted octanol–water partition coefficient (Wildman–Crippen LogP) is 4.21. The van der Waals surface area contributed by atoms with Crippen molar-refractivity contribution in [2.45, 2.75) is 6.18 Å². The summed E-state index contributed by atoms with van der Waals surface area (Å²) in [4.78, 5) is 4.23. The molecule has 0 amide bonds. The lowest BCUT2D eigenvalue weighted by Gasteiger charge is -2.08. The van der Waals surface area contributed by atoms with E-state index in [1.807, 2.05) is 0 Å². The van der Waals surface area contributed by atoms with Crippen molar-refractivity contribution in [2.24, 2.45) is 0 Å². The summed E-state index contributed by atoms with van der Waals surface area (Å²) in [5.41, 5.74) is 0.379. The van der Waals surface area contributed by atoms with Crippen LogP contribution in [0.25, 0.3) is 11.4 Å². The summed E-state index contributed by atoms with van der Waals surface area (Å²) in [5.74, 6) is 0. The summed E-state index contributed by atoms with van der Waals surface area (Å²) in [6, 6.07) is 9.79. The predicted molar refractivity (Wildman–Crippen MR) is 81.2 cm³/mol. The third-order valence-corrected chi connectivity index (χ3v) is 3.79. The van der Waals surface area contributed by atoms with Crippen LogP contribution in [0.4, 0.5) is 24.0 Å². The Morgan fingerprint density at radius 2 is 1.96 bits per heavy atom. The van der Waals surface area contributed by atoms with Crippen molar-refractivity contribution in [1.29, 1.82) is 0 Å². The van der Waals surface area contributed by atoms with Crippen LogP contribution in [0.2, 0.25) is 0 Å². The van der Waals surface area contributed by atoms with Gasteiger partial charge < -0.3 is 10.5 Å². The van der Waals surface area contributed by atoms with Crippen LogP contribution < -0.4 is 10.0 Å². The molecule has 3 aromatic rings. The van der Waals surface area contributed by atoms with Gasteiger partial charge in [0.25, 0.3) is 0 Å². The number of aromatic nitrogens is 2. The molecule has 0 radical (unpaired) electrons. The van der Waals surface area contributed by atoms with Crippen LogP contribution in [0.5, 0.6) is 0 Å². The molecule has 0 unspecified atom stereocenters. The fourth-order valence-electron chi connectivity index (χ4n) is 1.97. The molecule has 3 rings (SSSR count). The quantitative estimate of drug-likeness (QED) is 0.575. The van der Waals surface area contributed by atoms with E-state index < -0.39 is 11.7 Å². The number of anilines is 2. The number of halogens is 3. The molecule has 23 heavy (non-hydrogen) atoms. The van der Waals surface area contributed by atoms with Gasteiger partial charge in [0.15, 0.2) is 11.3 Å². The largest absolute Gasteiger partial charge is 0.618 e. The molecular formula is C15H10F3N3OS. The number of rotatable bonds is 3. The van der Waals surface area contributed by atoms with Crippen molar-refractivity contribution < 1.29 is 17.9 Å². The van der Waals surface area contributed by atoms with E-state index in [1.54, 1.807) is 23.6 Å². The Kier molecular flexibility index (Phi) is 3.91. The molecule has 1 N–H and O–H groups in total. The number of hydrogen-bond donors (Lipinski definition) is 1. The van der Waals surface area contributed by atoms with Crippen molar-refractivity contribution >= 4 is 22.2 Å². The molecule has 0 aliphatic rings. The highest BCUT2D eigenvalue weighted by Crippen LogP contribution is 2.32. The van der Waals surface area contributed by atoms with E-state index in [-0.39, 0.29) is 5.69 Å². The lowest BCUT2D eigenvalue weighted by molar-refractivity contribution is -0.593. The first-order valence-corrected chi connectivity index (χ1v) is 7.40. The molecular weight excluding hydrogens is 327 g/mol. The van der Waals surface area contributed by atoms with Gasteiger partial charge in [0.2, 0.25) is 5.69 Å². The average molecular weight is 337 g/mol. The van der Waals surface area contributed by atoms with Gasteiger partial charge in [-0.3, -0.25) is 0 Å². The molecule has 8 heteroatoms. The fourth-order valence-corrected chi connectivity index (χ4v) is 2.70. The molecule has 4 nitrogen and oxygen atoms in total. The summed E-state index contributed by atoms with van der Waals surface area (Å²) in [6.07, 6.45) is -3.04. The second-order valence-electron chi connectivity index (χ2n) is 4.65. The van der Waals surface area contributed by atoms with Crippen molar-refractivity contribution in [1.82, 2.24) is 4.98 Å². The number of thiazole rings is 1. The minimum absolute atomic E-state index is 0.281. The Bertz CT molecular complexity index is 833. The Morgan fingerprint density at radius 1 is 1.13 bits per heavy atom. The lowest BCUT2D eigenvalue weighted by Crippen LogP contribution is -2.27. The Balaban J connectivity index is 1.84. The molecule has 0 aliphatic carbocycles. The van der Waals surface area contributed by atoms with E-state index in [9.17, 15) is 18.4 Å². The Hall–Kier alpha value is -2.61. The van der Waals surface area contributed by atoms with Gasteiger partial charge in [-0.05, 0) is 24.3 Å². The maximum atomic E-state index is 12.7. The number of pyridine rings is 1. The molecule has 0 saturated carbocycles. The zero-order valence-electron chi connectivity index (χ0n) is 11.5. The molecule has 0 spiro atoms. The normalized spacial score (nSPS) is 11.4. The van der Waals surface area contributed by atoms with Gasteiger partial charge in [-0.1, -0.05) is 6.07 Å². The van der Waals surface area contributed by atoms with E-state index in [0.717, 1.165) is 12.1 Å². The van der Waals surface area contributed by atoms with Crippen molar-refractivity contribution in [2.75, 3.05) is 5.32 Å². The second-order valence-corrected chi connectivity index (χ2v) is 5.51. The monoisotopic (exact) mass is 337 g/mol. The summed E-state index contributed by atoms with van der Waals surface area (Å²) >= 11 is 1.21. The van der Waals surface area contributed by atoms with Crippen LogP contribution in [0.3, 0.4) is 0 Å². The smallest absolute Gasteiger partial charge is 0.416 e. The Morgan fingerprint density at radius 3 is 2.70 bits per heavy atom. The van der Waals surface area contributed by atoms with Gasteiger partial charge in [0.1, 0.15) is 5.69 Å². The first kappa shape index (κ1) is 15.3. The van der Waals surface area contributed by atoms with E-state index in [0.29, 0.717) is 21.2 Å². The minimum Gasteiger partial charge on any atom is -0.618 e. The van der Waals surface area contributed by atoms with Crippen LogP contribution in [0.1, 0.15) is 5.56 Å². The first-order chi connectivity index (χ1) is 10.9. The average Bonchev–Trinajstić information content (AvgIpc) is 2.95. The van der Waals surface area contributed by atoms with Crippen LogP contribution in [0, 0.1) is 5.21 Å². The van der Waals surface area contributed by atoms with Crippen molar-refractivity contribution in [3.63, 3.8) is 0 Å². The van der Waals surface area contributed by atoms with Crippen LogP contribution >= 0.6 is 11.3 Å². The maximum Gasteiger partial charge on any atom is 0.416 e. The molecule has 2 heterocycles. The lowest BCUT2D eigenvalue weighted by atomic mass is 10.2. The van der Waals surface area contributed by atoms with E-state index >= 15 is 0 Å². The Labute approximate surface area is 133 Å².